The lowest BCUT2D eigenvalue weighted by Crippen LogP contribution is -3.12. The lowest BCUT2D eigenvalue weighted by Gasteiger charge is -2.31. The summed E-state index contributed by atoms with van der Waals surface area (Å²) < 4.78 is 1.12. The van der Waals surface area contributed by atoms with Crippen molar-refractivity contribution in [3.8, 4) is 0 Å². The van der Waals surface area contributed by atoms with Gasteiger partial charge in [0, 0.05) is 23.6 Å². The summed E-state index contributed by atoms with van der Waals surface area (Å²) in [6, 6.07) is 18.7. The number of rotatable bonds is 5. The van der Waals surface area contributed by atoms with Gasteiger partial charge in [0.25, 0.3) is 0 Å². The Morgan fingerprint density at radius 1 is 1.16 bits per heavy atom. The lowest BCUT2D eigenvalue weighted by molar-refractivity contribution is -0.921. The second-order valence-electron chi connectivity index (χ2n) is 7.03. The van der Waals surface area contributed by atoms with E-state index < -0.39 is 0 Å². The molecular formula is C21H26BrN2O+. The van der Waals surface area contributed by atoms with Crippen LogP contribution in [0.15, 0.2) is 59.1 Å². The quantitative estimate of drug-likeness (QED) is 0.818. The first kappa shape index (κ1) is 18.2. The number of nitrogens with one attached hydrogen (secondary N) is 1. The van der Waals surface area contributed by atoms with Crippen molar-refractivity contribution >= 4 is 21.8 Å². The molecule has 0 aliphatic carbocycles. The molecule has 0 radical (unpaired) electrons. The number of halogens is 1. The SMILES string of the molecule is CN(Cc1ccccc1)C(=O)[C@@H]1CCC[NH+](Cc2cccc(Br)c2)C1. The molecule has 0 bridgehead atoms. The van der Waals surface area contributed by atoms with Crippen molar-refractivity contribution in [2.75, 3.05) is 20.1 Å². The van der Waals surface area contributed by atoms with E-state index in [1.165, 1.54) is 16.0 Å². The Morgan fingerprint density at radius 2 is 1.92 bits per heavy atom. The zero-order valence-corrected chi connectivity index (χ0v) is 16.3. The molecule has 1 heterocycles. The van der Waals surface area contributed by atoms with Crippen molar-refractivity contribution in [3.05, 3.63) is 70.2 Å². The topological polar surface area (TPSA) is 24.8 Å². The van der Waals surface area contributed by atoms with Crippen molar-refractivity contribution in [1.82, 2.24) is 4.90 Å². The number of nitrogens with zero attached hydrogens (tertiary/aromatic N) is 1. The molecule has 4 heteroatoms. The number of carbonyl (C=O) groups excluding carboxylic acids is 1. The molecule has 1 amide bonds. The fourth-order valence-electron chi connectivity index (χ4n) is 3.70. The number of hydrogen-bond acceptors (Lipinski definition) is 1. The average Bonchev–Trinajstić information content (AvgIpc) is 2.62. The van der Waals surface area contributed by atoms with Gasteiger partial charge in [-0.1, -0.05) is 58.4 Å². The molecule has 3 rings (SSSR count). The maximum Gasteiger partial charge on any atom is 0.231 e. The maximum atomic E-state index is 12.9. The Balaban J connectivity index is 1.57. The third-order valence-corrected chi connectivity index (χ3v) is 5.44. The average molecular weight is 402 g/mol. The molecule has 0 aromatic heterocycles. The van der Waals surface area contributed by atoms with Crippen LogP contribution in [0.2, 0.25) is 0 Å². The van der Waals surface area contributed by atoms with E-state index in [4.69, 9.17) is 0 Å². The van der Waals surface area contributed by atoms with Crippen LogP contribution in [0.4, 0.5) is 0 Å². The molecular weight excluding hydrogens is 376 g/mol. The molecule has 1 N–H and O–H groups in total. The number of amides is 1. The smallest absolute Gasteiger partial charge is 0.231 e. The summed E-state index contributed by atoms with van der Waals surface area (Å²) in [5.74, 6) is 0.430. The van der Waals surface area contributed by atoms with Gasteiger partial charge in [0.15, 0.2) is 0 Å². The molecule has 0 spiro atoms. The van der Waals surface area contributed by atoms with E-state index in [0.717, 1.165) is 36.9 Å². The molecule has 1 unspecified atom stereocenters. The van der Waals surface area contributed by atoms with Crippen molar-refractivity contribution in [1.29, 1.82) is 0 Å². The predicted molar refractivity (Wildman–Crippen MR) is 104 cm³/mol. The monoisotopic (exact) mass is 401 g/mol. The molecule has 1 fully saturated rings. The van der Waals surface area contributed by atoms with Gasteiger partial charge in [-0.05, 0) is 30.5 Å². The van der Waals surface area contributed by atoms with Gasteiger partial charge < -0.3 is 9.80 Å². The van der Waals surface area contributed by atoms with Gasteiger partial charge in [-0.3, -0.25) is 4.79 Å². The third kappa shape index (κ3) is 5.16. The first-order valence-corrected chi connectivity index (χ1v) is 9.78. The minimum Gasteiger partial charge on any atom is -0.341 e. The second-order valence-corrected chi connectivity index (χ2v) is 7.95. The minimum atomic E-state index is 0.143. The first-order chi connectivity index (χ1) is 12.1. The Kier molecular flexibility index (Phi) is 6.27. The molecule has 3 nitrogen and oxygen atoms in total. The summed E-state index contributed by atoms with van der Waals surface area (Å²) in [4.78, 5) is 16.3. The number of likely N-dealkylation sites (tertiary alicyclic amines) is 1. The van der Waals surface area contributed by atoms with Crippen LogP contribution in [0.25, 0.3) is 0 Å². The van der Waals surface area contributed by atoms with E-state index in [2.05, 4.69) is 52.3 Å². The van der Waals surface area contributed by atoms with Crippen molar-refractivity contribution in [2.45, 2.75) is 25.9 Å². The molecule has 132 valence electrons. The zero-order chi connectivity index (χ0) is 17.6. The van der Waals surface area contributed by atoms with E-state index in [-0.39, 0.29) is 11.8 Å². The largest absolute Gasteiger partial charge is 0.341 e. The van der Waals surface area contributed by atoms with Gasteiger partial charge in [0.05, 0.1) is 19.0 Å². The van der Waals surface area contributed by atoms with Gasteiger partial charge in [0.2, 0.25) is 5.91 Å². The maximum absolute atomic E-state index is 12.9. The summed E-state index contributed by atoms with van der Waals surface area (Å²) in [6.45, 7) is 3.77. The number of carbonyl (C=O) groups is 1. The Hall–Kier alpha value is -1.65. The highest BCUT2D eigenvalue weighted by Crippen LogP contribution is 2.14. The van der Waals surface area contributed by atoms with Crippen LogP contribution in [0, 0.1) is 5.92 Å². The molecule has 2 atom stereocenters. The summed E-state index contributed by atoms with van der Waals surface area (Å²) in [5, 5.41) is 0. The number of piperidine rings is 1. The third-order valence-electron chi connectivity index (χ3n) is 4.95. The van der Waals surface area contributed by atoms with Crippen LogP contribution in [0.1, 0.15) is 24.0 Å². The summed E-state index contributed by atoms with van der Waals surface area (Å²) in [7, 11) is 1.93. The van der Waals surface area contributed by atoms with Crippen LogP contribution in [0.5, 0.6) is 0 Å². The molecule has 2 aromatic carbocycles. The van der Waals surface area contributed by atoms with Gasteiger partial charge in [-0.25, -0.2) is 0 Å². The summed E-state index contributed by atoms with van der Waals surface area (Å²) in [6.07, 6.45) is 2.14. The zero-order valence-electron chi connectivity index (χ0n) is 14.7. The van der Waals surface area contributed by atoms with E-state index in [9.17, 15) is 4.79 Å². The van der Waals surface area contributed by atoms with Crippen LogP contribution >= 0.6 is 15.9 Å². The van der Waals surface area contributed by atoms with E-state index in [1.807, 2.05) is 30.1 Å². The van der Waals surface area contributed by atoms with Gasteiger partial charge in [-0.15, -0.1) is 0 Å². The van der Waals surface area contributed by atoms with Crippen molar-refractivity contribution < 1.29 is 9.69 Å². The predicted octanol–water partition coefficient (Wildman–Crippen LogP) is 2.90. The highest BCUT2D eigenvalue weighted by Gasteiger charge is 2.30. The molecule has 25 heavy (non-hydrogen) atoms. The highest BCUT2D eigenvalue weighted by molar-refractivity contribution is 9.10. The van der Waals surface area contributed by atoms with Gasteiger partial charge in [-0.2, -0.15) is 0 Å². The van der Waals surface area contributed by atoms with Crippen LogP contribution in [-0.4, -0.2) is 30.9 Å². The highest BCUT2D eigenvalue weighted by atomic mass is 79.9. The Bertz CT molecular complexity index is 704. The summed E-state index contributed by atoms with van der Waals surface area (Å²) in [5.41, 5.74) is 2.52. The Labute approximate surface area is 158 Å². The molecule has 0 saturated carbocycles. The normalized spacial score (nSPS) is 20.2. The molecule has 1 aliphatic rings. The standard InChI is InChI=1S/C21H25BrN2O/c1-23(14-17-7-3-2-4-8-17)21(25)19-10-6-12-24(16-19)15-18-9-5-11-20(22)13-18/h2-5,7-9,11,13,19H,6,10,12,14-16H2,1H3/p+1/t19-/m1/s1. The number of hydrogen-bond donors (Lipinski definition) is 1. The Morgan fingerprint density at radius 3 is 2.68 bits per heavy atom. The van der Waals surface area contributed by atoms with Crippen LogP contribution < -0.4 is 4.90 Å². The van der Waals surface area contributed by atoms with Crippen molar-refractivity contribution in [2.24, 2.45) is 5.92 Å². The lowest BCUT2D eigenvalue weighted by atomic mass is 9.96. The van der Waals surface area contributed by atoms with Crippen LogP contribution in [0.3, 0.4) is 0 Å². The molecule has 1 saturated heterocycles. The molecule has 2 aromatic rings. The minimum absolute atomic E-state index is 0.143. The summed E-state index contributed by atoms with van der Waals surface area (Å²) >= 11 is 3.54. The van der Waals surface area contributed by atoms with Gasteiger partial charge in [0.1, 0.15) is 6.54 Å². The van der Waals surface area contributed by atoms with E-state index in [1.54, 1.807) is 0 Å². The second kappa shape index (κ2) is 8.63. The van der Waals surface area contributed by atoms with E-state index in [0.29, 0.717) is 6.54 Å². The van der Waals surface area contributed by atoms with Crippen molar-refractivity contribution in [3.63, 3.8) is 0 Å². The van der Waals surface area contributed by atoms with E-state index >= 15 is 0 Å². The fourth-order valence-corrected chi connectivity index (χ4v) is 4.15. The number of quaternary nitrogens is 1. The first-order valence-electron chi connectivity index (χ1n) is 8.99. The van der Waals surface area contributed by atoms with Crippen LogP contribution in [-0.2, 0) is 17.9 Å². The fraction of sp³-hybridized carbons (Fsp3) is 0.381. The molecule has 1 aliphatic heterocycles. The van der Waals surface area contributed by atoms with Gasteiger partial charge >= 0.3 is 0 Å². The number of benzene rings is 2.